The Bertz CT molecular complexity index is 959. The molecule has 0 aromatic heterocycles. The van der Waals surface area contributed by atoms with E-state index in [0.717, 1.165) is 9.80 Å². The molecule has 0 aromatic carbocycles. The Labute approximate surface area is 197 Å². The van der Waals surface area contributed by atoms with Crippen LogP contribution in [0.2, 0.25) is 0 Å². The predicted octanol–water partition coefficient (Wildman–Crippen LogP) is -0.0240. The van der Waals surface area contributed by atoms with Gasteiger partial charge in [0.05, 0.1) is 6.61 Å². The molecule has 1 atom stereocenters. The summed E-state index contributed by atoms with van der Waals surface area (Å²) in [4.78, 5) is 67.6. The summed E-state index contributed by atoms with van der Waals surface area (Å²) in [6, 6.07) is -1.49. The number of carbonyl (C=O) groups is 5. The topological polar surface area (TPSA) is 168 Å². The summed E-state index contributed by atoms with van der Waals surface area (Å²) in [6.07, 6.45) is 3.20. The van der Waals surface area contributed by atoms with Gasteiger partial charge < -0.3 is 21.1 Å². The quantitative estimate of drug-likeness (QED) is 0.282. The monoisotopic (exact) mass is 476 g/mol. The lowest BCUT2D eigenvalue weighted by atomic mass is 9.72. The van der Waals surface area contributed by atoms with Crippen molar-refractivity contribution in [2.75, 3.05) is 26.3 Å². The van der Waals surface area contributed by atoms with Crippen LogP contribution in [0, 0.1) is 5.41 Å². The van der Waals surface area contributed by atoms with Crippen molar-refractivity contribution in [2.24, 2.45) is 16.9 Å². The van der Waals surface area contributed by atoms with E-state index >= 15 is 0 Å². The summed E-state index contributed by atoms with van der Waals surface area (Å²) in [5, 5.41) is 2.42. The second-order valence-electron chi connectivity index (χ2n) is 9.97. The van der Waals surface area contributed by atoms with Crippen molar-refractivity contribution in [1.82, 2.24) is 20.0 Å². The minimum Gasteiger partial charge on any atom is -0.385 e. The number of urea groups is 2. The first-order valence-electron chi connectivity index (χ1n) is 11.7. The molecule has 1 saturated carbocycles. The number of nitrogens with one attached hydrogen (secondary N) is 1. The number of amides is 7. The maximum atomic E-state index is 13.1. The zero-order valence-electron chi connectivity index (χ0n) is 19.6. The number of nitrogens with two attached hydrogens (primary N) is 2. The molecule has 0 radical (unpaired) electrons. The largest absolute Gasteiger partial charge is 0.385 e. The Hall–Kier alpha value is -3.15. The molecule has 1 aliphatic carbocycles. The van der Waals surface area contributed by atoms with Gasteiger partial charge in [-0.25, -0.2) is 9.59 Å². The van der Waals surface area contributed by atoms with Crippen molar-refractivity contribution >= 4 is 29.8 Å². The maximum Gasteiger partial charge on any atom is 0.334 e. The molecule has 34 heavy (non-hydrogen) atoms. The van der Waals surface area contributed by atoms with E-state index in [-0.39, 0.29) is 30.0 Å². The molecule has 5 N–H and O–H groups in total. The summed E-state index contributed by atoms with van der Waals surface area (Å²) in [5.41, 5.74) is 9.61. The third-order valence-electron chi connectivity index (χ3n) is 7.54. The molecule has 12 nitrogen and oxygen atoms in total. The van der Waals surface area contributed by atoms with E-state index in [1.165, 1.54) is 0 Å². The van der Waals surface area contributed by atoms with Gasteiger partial charge in [0.2, 0.25) is 0 Å². The van der Waals surface area contributed by atoms with Crippen molar-refractivity contribution < 1.29 is 28.7 Å². The average molecular weight is 477 g/mol. The highest BCUT2D eigenvalue weighted by Crippen LogP contribution is 2.42. The number of hydrogen-bond donors (Lipinski definition) is 3. The molecule has 12 heteroatoms. The van der Waals surface area contributed by atoms with E-state index in [2.05, 4.69) is 5.32 Å². The van der Waals surface area contributed by atoms with Crippen LogP contribution in [0.5, 0.6) is 0 Å². The first-order valence-corrected chi connectivity index (χ1v) is 11.7. The van der Waals surface area contributed by atoms with E-state index in [1.807, 2.05) is 13.8 Å². The SMILES string of the molecule is CCCN1C(=O)C(=C(N)N)C(=O)N(C2CCC(C)(CN3C(=O)NC(=O)[C@]34CCOC4)CC2)C1=O. The zero-order chi connectivity index (χ0) is 24.8. The number of hydrogen-bond acceptors (Lipinski definition) is 8. The standard InChI is InChI=1S/C22H32N6O6/c1-3-9-26-16(29)14(15(23)24)17(30)28(20(26)33)13-4-6-21(2,7-5-13)11-27-19(32)25-18(31)22(27)8-10-34-12-22/h13H,3-12,23-24H2,1-2H3,(H,25,31,32)/t13?,21?,22-/m1/s1. The van der Waals surface area contributed by atoms with Gasteiger partial charge in [-0.15, -0.1) is 0 Å². The molecule has 4 rings (SSSR count). The highest BCUT2D eigenvalue weighted by atomic mass is 16.5. The van der Waals surface area contributed by atoms with Gasteiger partial charge in [-0.05, 0) is 37.5 Å². The summed E-state index contributed by atoms with van der Waals surface area (Å²) in [5.74, 6) is -2.25. The predicted molar refractivity (Wildman–Crippen MR) is 118 cm³/mol. The fraction of sp³-hybridized carbons (Fsp3) is 0.682. The average Bonchev–Trinajstić information content (AvgIpc) is 3.34. The van der Waals surface area contributed by atoms with E-state index in [9.17, 15) is 24.0 Å². The highest BCUT2D eigenvalue weighted by Gasteiger charge is 2.57. The fourth-order valence-corrected chi connectivity index (χ4v) is 5.51. The van der Waals surface area contributed by atoms with Crippen LogP contribution in [0.25, 0.3) is 0 Å². The molecule has 0 bridgehead atoms. The van der Waals surface area contributed by atoms with E-state index in [1.54, 1.807) is 4.90 Å². The van der Waals surface area contributed by atoms with Gasteiger partial charge in [0.25, 0.3) is 17.7 Å². The van der Waals surface area contributed by atoms with Crippen molar-refractivity contribution in [3.8, 4) is 0 Å². The molecule has 0 unspecified atom stereocenters. The Kier molecular flexibility index (Phi) is 6.05. The number of barbiturate groups is 1. The minimum absolute atomic E-state index is 0.158. The summed E-state index contributed by atoms with van der Waals surface area (Å²) in [6.45, 7) is 4.98. The lowest BCUT2D eigenvalue weighted by molar-refractivity contribution is -0.138. The van der Waals surface area contributed by atoms with Crippen LogP contribution >= 0.6 is 0 Å². The smallest absolute Gasteiger partial charge is 0.334 e. The van der Waals surface area contributed by atoms with Crippen LogP contribution in [0.15, 0.2) is 11.4 Å². The fourth-order valence-electron chi connectivity index (χ4n) is 5.51. The number of ether oxygens (including phenoxy) is 1. The highest BCUT2D eigenvalue weighted by molar-refractivity contribution is 6.29. The van der Waals surface area contributed by atoms with Crippen molar-refractivity contribution in [2.45, 2.75) is 64.0 Å². The lowest BCUT2D eigenvalue weighted by Gasteiger charge is -2.46. The molecule has 0 aromatic rings. The maximum absolute atomic E-state index is 13.1. The number of carbonyl (C=O) groups excluding carboxylic acids is 5. The summed E-state index contributed by atoms with van der Waals surface area (Å²) >= 11 is 0. The van der Waals surface area contributed by atoms with Crippen LogP contribution in [0.1, 0.15) is 52.4 Å². The van der Waals surface area contributed by atoms with Crippen molar-refractivity contribution in [3.63, 3.8) is 0 Å². The van der Waals surface area contributed by atoms with Crippen molar-refractivity contribution in [3.05, 3.63) is 11.4 Å². The second-order valence-corrected chi connectivity index (χ2v) is 9.97. The Morgan fingerprint density at radius 3 is 2.32 bits per heavy atom. The zero-order valence-corrected chi connectivity index (χ0v) is 19.6. The second kappa shape index (κ2) is 8.57. The van der Waals surface area contributed by atoms with Gasteiger partial charge in [-0.1, -0.05) is 13.8 Å². The van der Waals surface area contributed by atoms with Crippen molar-refractivity contribution in [1.29, 1.82) is 0 Å². The first-order chi connectivity index (χ1) is 16.0. The molecule has 4 aliphatic rings. The van der Waals surface area contributed by atoms with Crippen LogP contribution in [-0.4, -0.2) is 82.4 Å². The Morgan fingerprint density at radius 1 is 1.09 bits per heavy atom. The molecule has 4 fully saturated rings. The molecule has 3 aliphatic heterocycles. The molecule has 3 saturated heterocycles. The van der Waals surface area contributed by atoms with E-state index in [4.69, 9.17) is 16.2 Å². The molecular formula is C22H32N6O6. The van der Waals surface area contributed by atoms with Gasteiger partial charge >= 0.3 is 12.1 Å². The Morgan fingerprint density at radius 2 is 1.76 bits per heavy atom. The van der Waals surface area contributed by atoms with Gasteiger partial charge in [-0.3, -0.25) is 29.5 Å². The molecule has 1 spiro atoms. The van der Waals surface area contributed by atoms with Crippen LogP contribution in [-0.2, 0) is 19.1 Å². The molecule has 7 amide bonds. The van der Waals surface area contributed by atoms with Crippen LogP contribution in [0.4, 0.5) is 9.59 Å². The van der Waals surface area contributed by atoms with Gasteiger partial charge in [0.1, 0.15) is 16.9 Å². The number of rotatable bonds is 5. The lowest BCUT2D eigenvalue weighted by Crippen LogP contribution is -2.61. The van der Waals surface area contributed by atoms with Crippen LogP contribution in [0.3, 0.4) is 0 Å². The molecular weight excluding hydrogens is 444 g/mol. The summed E-state index contributed by atoms with van der Waals surface area (Å²) in [7, 11) is 0. The number of nitrogens with zero attached hydrogens (tertiary/aromatic N) is 3. The van der Waals surface area contributed by atoms with E-state index < -0.39 is 41.3 Å². The number of imide groups is 3. The Balaban J connectivity index is 1.50. The van der Waals surface area contributed by atoms with Crippen LogP contribution < -0.4 is 16.8 Å². The third kappa shape index (κ3) is 3.69. The first kappa shape index (κ1) is 24.0. The molecule has 3 heterocycles. The van der Waals surface area contributed by atoms with Gasteiger partial charge in [0, 0.05) is 32.2 Å². The minimum atomic E-state index is -0.963. The third-order valence-corrected chi connectivity index (χ3v) is 7.54. The molecule has 186 valence electrons. The van der Waals surface area contributed by atoms with Gasteiger partial charge in [-0.2, -0.15) is 0 Å². The summed E-state index contributed by atoms with van der Waals surface area (Å²) < 4.78 is 5.45. The van der Waals surface area contributed by atoms with Gasteiger partial charge in [0.15, 0.2) is 0 Å². The van der Waals surface area contributed by atoms with E-state index in [0.29, 0.717) is 51.7 Å². The normalized spacial score (nSPS) is 32.3.